The Morgan fingerprint density at radius 2 is 1.75 bits per heavy atom. The summed E-state index contributed by atoms with van der Waals surface area (Å²) in [7, 11) is 0. The molecule has 1 atom stereocenters. The minimum Gasteiger partial charge on any atom is -0.328 e. The third-order valence-corrected chi connectivity index (χ3v) is 4.41. The second-order valence-electron chi connectivity index (χ2n) is 4.61. The van der Waals surface area contributed by atoms with E-state index in [1.807, 2.05) is 25.1 Å². The lowest BCUT2D eigenvalue weighted by molar-refractivity contribution is 0.506. The molecule has 0 radical (unpaired) electrons. The highest BCUT2D eigenvalue weighted by Gasteiger charge is 2.07. The zero-order valence-corrected chi connectivity index (χ0v) is 13.3. The lowest BCUT2D eigenvalue weighted by Crippen LogP contribution is -2.17. The molecule has 106 valence electrons. The van der Waals surface area contributed by atoms with Crippen LogP contribution >= 0.6 is 27.7 Å². The van der Waals surface area contributed by atoms with Crippen LogP contribution in [0.4, 0.5) is 8.78 Å². The highest BCUT2D eigenvalue weighted by atomic mass is 79.9. The first-order valence-electron chi connectivity index (χ1n) is 6.12. The fraction of sp³-hybridized carbons (Fsp3) is 0.200. The van der Waals surface area contributed by atoms with Gasteiger partial charge in [0.15, 0.2) is 11.6 Å². The van der Waals surface area contributed by atoms with Crippen LogP contribution in [0, 0.1) is 11.6 Å². The average molecular weight is 358 g/mol. The van der Waals surface area contributed by atoms with E-state index in [2.05, 4.69) is 15.9 Å². The molecule has 0 aliphatic heterocycles. The van der Waals surface area contributed by atoms with Crippen LogP contribution in [0.3, 0.4) is 0 Å². The predicted octanol–water partition coefficient (Wildman–Crippen LogP) is 4.77. The summed E-state index contributed by atoms with van der Waals surface area (Å²) in [6, 6.07) is 9.90. The summed E-state index contributed by atoms with van der Waals surface area (Å²) >= 11 is 4.90. The van der Waals surface area contributed by atoms with Crippen molar-refractivity contribution in [2.45, 2.75) is 29.2 Å². The van der Waals surface area contributed by atoms with Crippen LogP contribution in [-0.4, -0.2) is 6.04 Å². The fourth-order valence-corrected chi connectivity index (χ4v) is 3.36. The molecule has 1 nitrogen and oxygen atoms in total. The van der Waals surface area contributed by atoms with Gasteiger partial charge >= 0.3 is 0 Å². The van der Waals surface area contributed by atoms with Gasteiger partial charge in [-0.2, -0.15) is 0 Å². The molecular formula is C15H14BrF2NS. The third kappa shape index (κ3) is 4.04. The molecule has 0 fully saturated rings. The van der Waals surface area contributed by atoms with Gasteiger partial charge < -0.3 is 5.73 Å². The minimum absolute atomic E-state index is 0.0935. The summed E-state index contributed by atoms with van der Waals surface area (Å²) in [6.45, 7) is 1.95. The first-order valence-corrected chi connectivity index (χ1v) is 7.73. The van der Waals surface area contributed by atoms with Crippen LogP contribution in [-0.2, 0) is 6.42 Å². The lowest BCUT2D eigenvalue weighted by Gasteiger charge is -2.09. The van der Waals surface area contributed by atoms with Gasteiger partial charge in [-0.3, -0.25) is 0 Å². The zero-order chi connectivity index (χ0) is 14.7. The smallest absolute Gasteiger partial charge is 0.159 e. The topological polar surface area (TPSA) is 26.0 Å². The quantitative estimate of drug-likeness (QED) is 0.852. The molecule has 2 aromatic carbocycles. The molecule has 2 aromatic rings. The van der Waals surface area contributed by atoms with E-state index < -0.39 is 11.6 Å². The molecule has 0 saturated carbocycles. The second-order valence-corrected chi connectivity index (χ2v) is 6.61. The van der Waals surface area contributed by atoms with Crippen molar-refractivity contribution in [1.82, 2.24) is 0 Å². The van der Waals surface area contributed by atoms with Crippen LogP contribution in [0.25, 0.3) is 0 Å². The van der Waals surface area contributed by atoms with Crippen LogP contribution in [0.2, 0.25) is 0 Å². The Balaban J connectivity index is 2.17. The summed E-state index contributed by atoms with van der Waals surface area (Å²) in [6.07, 6.45) is 0.788. The number of benzene rings is 2. The molecule has 0 amide bonds. The van der Waals surface area contributed by atoms with E-state index in [4.69, 9.17) is 5.73 Å². The molecule has 0 saturated heterocycles. The van der Waals surface area contributed by atoms with E-state index in [9.17, 15) is 8.78 Å². The van der Waals surface area contributed by atoms with Gasteiger partial charge in [-0.05, 0) is 49.2 Å². The molecule has 0 bridgehead atoms. The van der Waals surface area contributed by atoms with Crippen molar-refractivity contribution in [2.24, 2.45) is 5.73 Å². The van der Waals surface area contributed by atoms with Gasteiger partial charge in [0.1, 0.15) is 0 Å². The van der Waals surface area contributed by atoms with Gasteiger partial charge in [0.05, 0.1) is 0 Å². The third-order valence-electron chi connectivity index (χ3n) is 2.69. The molecule has 2 rings (SSSR count). The van der Waals surface area contributed by atoms with Gasteiger partial charge in [-0.1, -0.05) is 33.8 Å². The number of rotatable bonds is 4. The molecule has 2 N–H and O–H groups in total. The average Bonchev–Trinajstić information content (AvgIpc) is 2.37. The van der Waals surface area contributed by atoms with Crippen LogP contribution < -0.4 is 5.73 Å². The maximum Gasteiger partial charge on any atom is 0.159 e. The Kier molecular flexibility index (Phi) is 5.18. The first kappa shape index (κ1) is 15.5. The van der Waals surface area contributed by atoms with Gasteiger partial charge in [0.25, 0.3) is 0 Å². The summed E-state index contributed by atoms with van der Waals surface area (Å²) in [5.41, 5.74) is 6.92. The molecule has 0 spiro atoms. The van der Waals surface area contributed by atoms with Gasteiger partial charge in [0.2, 0.25) is 0 Å². The highest BCUT2D eigenvalue weighted by molar-refractivity contribution is 9.10. The van der Waals surface area contributed by atoms with Gasteiger partial charge in [0, 0.05) is 20.3 Å². The van der Waals surface area contributed by atoms with E-state index in [0.717, 1.165) is 27.4 Å². The number of hydrogen-bond donors (Lipinski definition) is 1. The Bertz CT molecular complexity index is 617. The molecule has 20 heavy (non-hydrogen) atoms. The first-order chi connectivity index (χ1) is 9.45. The van der Waals surface area contributed by atoms with Crippen molar-refractivity contribution in [3.05, 3.63) is 58.1 Å². The largest absolute Gasteiger partial charge is 0.328 e. The minimum atomic E-state index is -0.831. The Morgan fingerprint density at radius 3 is 2.35 bits per heavy atom. The van der Waals surface area contributed by atoms with E-state index in [-0.39, 0.29) is 6.04 Å². The number of nitrogens with two attached hydrogens (primary N) is 1. The molecular weight excluding hydrogens is 344 g/mol. The van der Waals surface area contributed by atoms with Crippen molar-refractivity contribution in [2.75, 3.05) is 0 Å². The van der Waals surface area contributed by atoms with E-state index >= 15 is 0 Å². The van der Waals surface area contributed by atoms with Crippen molar-refractivity contribution in [3.63, 3.8) is 0 Å². The van der Waals surface area contributed by atoms with Crippen molar-refractivity contribution >= 4 is 27.7 Å². The zero-order valence-electron chi connectivity index (χ0n) is 10.9. The Morgan fingerprint density at radius 1 is 1.10 bits per heavy atom. The predicted molar refractivity (Wildman–Crippen MR) is 82.0 cm³/mol. The van der Waals surface area contributed by atoms with Crippen molar-refractivity contribution in [3.8, 4) is 0 Å². The number of hydrogen-bond acceptors (Lipinski definition) is 2. The van der Waals surface area contributed by atoms with Gasteiger partial charge in [-0.25, -0.2) is 8.78 Å². The second kappa shape index (κ2) is 6.70. The van der Waals surface area contributed by atoms with E-state index in [1.165, 1.54) is 17.8 Å². The number of halogens is 3. The molecule has 0 aromatic heterocycles. The summed E-state index contributed by atoms with van der Waals surface area (Å²) in [4.78, 5) is 1.62. The maximum absolute atomic E-state index is 13.2. The molecule has 0 aliphatic carbocycles. The van der Waals surface area contributed by atoms with Crippen LogP contribution in [0.1, 0.15) is 12.5 Å². The summed E-state index contributed by atoms with van der Waals surface area (Å²) in [5.74, 6) is -1.66. The fourth-order valence-electron chi connectivity index (χ4n) is 1.78. The molecule has 0 aliphatic rings. The van der Waals surface area contributed by atoms with Crippen molar-refractivity contribution in [1.29, 1.82) is 0 Å². The SMILES string of the molecule is CC(N)Cc1ccc(Sc2ccc(F)c(F)c2)cc1Br. The standard InChI is InChI=1S/C15H14BrF2NS/c1-9(19)6-10-2-3-11(7-13(10)16)20-12-4-5-14(17)15(18)8-12/h2-5,7-9H,6,19H2,1H3. The van der Waals surface area contributed by atoms with E-state index in [0.29, 0.717) is 4.90 Å². The monoisotopic (exact) mass is 357 g/mol. The molecule has 1 unspecified atom stereocenters. The highest BCUT2D eigenvalue weighted by Crippen LogP contribution is 2.32. The lowest BCUT2D eigenvalue weighted by atomic mass is 10.1. The van der Waals surface area contributed by atoms with Gasteiger partial charge in [-0.15, -0.1) is 0 Å². The maximum atomic E-state index is 13.2. The van der Waals surface area contributed by atoms with E-state index in [1.54, 1.807) is 6.07 Å². The Labute approximate surface area is 129 Å². The molecule has 5 heteroatoms. The van der Waals surface area contributed by atoms with Crippen molar-refractivity contribution < 1.29 is 8.78 Å². The summed E-state index contributed by atoms with van der Waals surface area (Å²) in [5, 5.41) is 0. The van der Waals surface area contributed by atoms with Crippen LogP contribution in [0.15, 0.2) is 50.7 Å². The van der Waals surface area contributed by atoms with Crippen LogP contribution in [0.5, 0.6) is 0 Å². The Hall–Kier alpha value is -0.910. The summed E-state index contributed by atoms with van der Waals surface area (Å²) < 4.78 is 27.0. The normalized spacial score (nSPS) is 12.4. The molecule has 0 heterocycles.